The number of anilines is 1. The van der Waals surface area contributed by atoms with E-state index in [2.05, 4.69) is 67.1 Å². The van der Waals surface area contributed by atoms with Crippen LogP contribution in [0.25, 0.3) is 0 Å². The molecule has 0 spiro atoms. The van der Waals surface area contributed by atoms with Crippen LogP contribution in [0.2, 0.25) is 0 Å². The predicted octanol–water partition coefficient (Wildman–Crippen LogP) is 2.92. The van der Waals surface area contributed by atoms with Crippen LogP contribution in [0.1, 0.15) is 45.3 Å². The molecule has 1 aromatic heterocycles. The van der Waals surface area contributed by atoms with Crippen molar-refractivity contribution in [3.05, 3.63) is 24.0 Å². The van der Waals surface area contributed by atoms with E-state index in [0.717, 1.165) is 38.3 Å². The van der Waals surface area contributed by atoms with E-state index in [-0.39, 0.29) is 0 Å². The first-order valence-electron chi connectivity index (χ1n) is 8.17. The lowest BCUT2D eigenvalue weighted by atomic mass is 10.2. The smallest absolute Gasteiger partial charge is 0.0572 e. The van der Waals surface area contributed by atoms with Crippen LogP contribution >= 0.6 is 0 Å². The van der Waals surface area contributed by atoms with Crippen LogP contribution < -0.4 is 10.2 Å². The maximum atomic E-state index is 4.63. The Labute approximate surface area is 130 Å². The molecule has 1 rings (SSSR count). The first kappa shape index (κ1) is 17.9. The second-order valence-corrected chi connectivity index (χ2v) is 5.85. The fraction of sp³-hybridized carbons (Fsp3) is 0.706. The van der Waals surface area contributed by atoms with Crippen molar-refractivity contribution in [2.24, 2.45) is 0 Å². The molecule has 0 bridgehead atoms. The Morgan fingerprint density at radius 3 is 2.48 bits per heavy atom. The molecule has 1 aromatic rings. The molecule has 0 saturated heterocycles. The van der Waals surface area contributed by atoms with Gasteiger partial charge >= 0.3 is 0 Å². The zero-order chi connectivity index (χ0) is 15.7. The van der Waals surface area contributed by atoms with Crippen molar-refractivity contribution in [1.82, 2.24) is 15.2 Å². The van der Waals surface area contributed by atoms with Crippen LogP contribution in [0.5, 0.6) is 0 Å². The van der Waals surface area contributed by atoms with Gasteiger partial charge in [0.15, 0.2) is 0 Å². The molecule has 0 fully saturated rings. The molecule has 4 heteroatoms. The highest BCUT2D eigenvalue weighted by atomic mass is 15.1. The summed E-state index contributed by atoms with van der Waals surface area (Å²) in [5.74, 6) is 0. The first-order chi connectivity index (χ1) is 10.1. The number of nitrogens with one attached hydrogen (secondary N) is 1. The third kappa shape index (κ3) is 6.44. The Kier molecular flexibility index (Phi) is 8.31. The molecule has 0 aliphatic heterocycles. The summed E-state index contributed by atoms with van der Waals surface area (Å²) in [6, 6.07) is 4.67. The standard InChI is InChI=1S/C17H32N4/c1-6-11-18-15(3)17-10-9-16(14-19-17)21(7-2)13-8-12-20(4)5/h9-10,14-15,18H,6-8,11-13H2,1-5H3. The summed E-state index contributed by atoms with van der Waals surface area (Å²) in [6.45, 7) is 10.8. The summed E-state index contributed by atoms with van der Waals surface area (Å²) in [7, 11) is 4.24. The summed E-state index contributed by atoms with van der Waals surface area (Å²) in [5.41, 5.74) is 2.35. The van der Waals surface area contributed by atoms with Crippen LogP contribution in [0.3, 0.4) is 0 Å². The van der Waals surface area contributed by atoms with Crippen molar-refractivity contribution in [3.8, 4) is 0 Å². The van der Waals surface area contributed by atoms with E-state index in [0.29, 0.717) is 6.04 Å². The van der Waals surface area contributed by atoms with Crippen molar-refractivity contribution < 1.29 is 0 Å². The van der Waals surface area contributed by atoms with Crippen molar-refractivity contribution in [2.75, 3.05) is 45.2 Å². The lowest BCUT2D eigenvalue weighted by Crippen LogP contribution is -2.27. The largest absolute Gasteiger partial charge is 0.371 e. The SMILES string of the molecule is CCCNC(C)c1ccc(N(CC)CCCN(C)C)cn1. The van der Waals surface area contributed by atoms with Gasteiger partial charge in [0.1, 0.15) is 0 Å². The molecule has 0 aliphatic carbocycles. The molecule has 0 aliphatic rings. The Balaban J connectivity index is 2.57. The summed E-state index contributed by atoms with van der Waals surface area (Å²) in [5, 5.41) is 3.48. The third-order valence-electron chi connectivity index (χ3n) is 3.70. The second kappa shape index (κ2) is 9.74. The second-order valence-electron chi connectivity index (χ2n) is 5.85. The molecule has 120 valence electrons. The van der Waals surface area contributed by atoms with E-state index in [4.69, 9.17) is 0 Å². The Morgan fingerprint density at radius 2 is 1.95 bits per heavy atom. The topological polar surface area (TPSA) is 31.4 Å². The fourth-order valence-corrected chi connectivity index (χ4v) is 2.35. The van der Waals surface area contributed by atoms with Gasteiger partial charge in [0, 0.05) is 19.1 Å². The number of hydrogen-bond acceptors (Lipinski definition) is 4. The monoisotopic (exact) mass is 292 g/mol. The minimum Gasteiger partial charge on any atom is -0.371 e. The highest BCUT2D eigenvalue weighted by Gasteiger charge is 2.08. The number of rotatable bonds is 10. The summed E-state index contributed by atoms with van der Waals surface area (Å²) in [6.07, 6.45) is 4.34. The summed E-state index contributed by atoms with van der Waals surface area (Å²) in [4.78, 5) is 9.25. The molecule has 0 radical (unpaired) electrons. The number of pyridine rings is 1. The van der Waals surface area contributed by atoms with E-state index in [1.165, 1.54) is 12.1 Å². The van der Waals surface area contributed by atoms with E-state index in [9.17, 15) is 0 Å². The fourth-order valence-electron chi connectivity index (χ4n) is 2.35. The molecule has 0 aromatic carbocycles. The molecular formula is C17H32N4. The zero-order valence-electron chi connectivity index (χ0n) is 14.4. The van der Waals surface area contributed by atoms with E-state index in [1.54, 1.807) is 0 Å². The molecule has 0 amide bonds. The Hall–Kier alpha value is -1.13. The summed E-state index contributed by atoms with van der Waals surface area (Å²) < 4.78 is 0. The minimum atomic E-state index is 0.322. The molecule has 0 saturated carbocycles. The van der Waals surface area contributed by atoms with Gasteiger partial charge in [-0.05, 0) is 66.0 Å². The lowest BCUT2D eigenvalue weighted by molar-refractivity contribution is 0.400. The molecule has 4 nitrogen and oxygen atoms in total. The highest BCUT2D eigenvalue weighted by Crippen LogP contribution is 2.16. The Bertz CT molecular complexity index is 375. The lowest BCUT2D eigenvalue weighted by Gasteiger charge is -2.24. The number of hydrogen-bond donors (Lipinski definition) is 1. The summed E-state index contributed by atoms with van der Waals surface area (Å²) >= 11 is 0. The molecule has 1 unspecified atom stereocenters. The van der Waals surface area contributed by atoms with Crippen LogP contribution in [0, 0.1) is 0 Å². The average molecular weight is 292 g/mol. The van der Waals surface area contributed by atoms with Gasteiger partial charge in [-0.3, -0.25) is 4.98 Å². The van der Waals surface area contributed by atoms with Gasteiger partial charge in [0.2, 0.25) is 0 Å². The van der Waals surface area contributed by atoms with Gasteiger partial charge in [0.25, 0.3) is 0 Å². The number of nitrogens with zero attached hydrogens (tertiary/aromatic N) is 3. The maximum absolute atomic E-state index is 4.63. The van der Waals surface area contributed by atoms with Gasteiger partial charge in [0.05, 0.1) is 17.6 Å². The van der Waals surface area contributed by atoms with Crippen LogP contribution in [0.4, 0.5) is 5.69 Å². The Morgan fingerprint density at radius 1 is 1.19 bits per heavy atom. The highest BCUT2D eigenvalue weighted by molar-refractivity contribution is 5.44. The minimum absolute atomic E-state index is 0.322. The molecule has 1 N–H and O–H groups in total. The third-order valence-corrected chi connectivity index (χ3v) is 3.70. The van der Waals surface area contributed by atoms with Crippen molar-refractivity contribution in [1.29, 1.82) is 0 Å². The quantitative estimate of drug-likeness (QED) is 0.718. The van der Waals surface area contributed by atoms with Crippen molar-refractivity contribution in [3.63, 3.8) is 0 Å². The number of aromatic nitrogens is 1. The van der Waals surface area contributed by atoms with Crippen molar-refractivity contribution in [2.45, 2.75) is 39.7 Å². The van der Waals surface area contributed by atoms with Gasteiger partial charge in [-0.15, -0.1) is 0 Å². The molecule has 1 atom stereocenters. The van der Waals surface area contributed by atoms with Gasteiger partial charge in [-0.2, -0.15) is 0 Å². The van der Waals surface area contributed by atoms with E-state index in [1.807, 2.05) is 6.20 Å². The normalized spacial score (nSPS) is 12.7. The molecule has 21 heavy (non-hydrogen) atoms. The van der Waals surface area contributed by atoms with Crippen LogP contribution in [0.15, 0.2) is 18.3 Å². The van der Waals surface area contributed by atoms with E-state index < -0.39 is 0 Å². The van der Waals surface area contributed by atoms with Gasteiger partial charge < -0.3 is 15.1 Å². The maximum Gasteiger partial charge on any atom is 0.0572 e. The van der Waals surface area contributed by atoms with E-state index >= 15 is 0 Å². The van der Waals surface area contributed by atoms with Crippen LogP contribution in [-0.2, 0) is 0 Å². The van der Waals surface area contributed by atoms with Gasteiger partial charge in [-0.1, -0.05) is 6.92 Å². The molecule has 1 heterocycles. The average Bonchev–Trinajstić information content (AvgIpc) is 2.49. The van der Waals surface area contributed by atoms with Crippen LogP contribution in [-0.4, -0.2) is 50.2 Å². The van der Waals surface area contributed by atoms with Gasteiger partial charge in [-0.25, -0.2) is 0 Å². The van der Waals surface area contributed by atoms with Crippen molar-refractivity contribution >= 4 is 5.69 Å². The zero-order valence-corrected chi connectivity index (χ0v) is 14.4. The molecular weight excluding hydrogens is 260 g/mol. The first-order valence-corrected chi connectivity index (χ1v) is 8.17. The predicted molar refractivity (Wildman–Crippen MR) is 92.0 cm³/mol.